The Morgan fingerprint density at radius 1 is 1.10 bits per heavy atom. The highest BCUT2D eigenvalue weighted by molar-refractivity contribution is 5.42. The summed E-state index contributed by atoms with van der Waals surface area (Å²) in [5.41, 5.74) is 7.95. The number of nitrogens with two attached hydrogens (primary N) is 1. The third-order valence-electron chi connectivity index (χ3n) is 3.04. The summed E-state index contributed by atoms with van der Waals surface area (Å²) >= 11 is 0. The standard InChI is InChI=1S/C16H18FNO2/c1-11-3-8-15(16(9-11)19-2)20-10-14(18)12-4-6-13(17)7-5-12/h3-9,14H,10,18H2,1-2H3. The molecule has 0 saturated carbocycles. The molecule has 106 valence electrons. The first-order valence-corrected chi connectivity index (χ1v) is 6.38. The molecule has 0 aliphatic rings. The zero-order valence-electron chi connectivity index (χ0n) is 11.6. The maximum Gasteiger partial charge on any atom is 0.161 e. The van der Waals surface area contributed by atoms with Crippen molar-refractivity contribution >= 4 is 0 Å². The lowest BCUT2D eigenvalue weighted by molar-refractivity contribution is 0.273. The first-order valence-electron chi connectivity index (χ1n) is 6.38. The molecule has 0 heterocycles. The van der Waals surface area contributed by atoms with Gasteiger partial charge in [-0.25, -0.2) is 4.39 Å². The summed E-state index contributed by atoms with van der Waals surface area (Å²) in [5.74, 6) is 1.05. The van der Waals surface area contributed by atoms with E-state index in [1.165, 1.54) is 12.1 Å². The molecule has 1 unspecified atom stereocenters. The molecule has 4 heteroatoms. The third-order valence-corrected chi connectivity index (χ3v) is 3.04. The van der Waals surface area contributed by atoms with Crippen LogP contribution in [-0.2, 0) is 0 Å². The molecule has 0 saturated heterocycles. The van der Waals surface area contributed by atoms with Gasteiger partial charge in [-0.15, -0.1) is 0 Å². The summed E-state index contributed by atoms with van der Waals surface area (Å²) < 4.78 is 23.8. The minimum Gasteiger partial charge on any atom is -0.493 e. The van der Waals surface area contributed by atoms with Gasteiger partial charge >= 0.3 is 0 Å². The number of hydrogen-bond donors (Lipinski definition) is 1. The first-order chi connectivity index (χ1) is 9.60. The second kappa shape index (κ2) is 6.39. The molecule has 2 rings (SSSR count). The number of rotatable bonds is 5. The van der Waals surface area contributed by atoms with Crippen molar-refractivity contribution in [2.45, 2.75) is 13.0 Å². The van der Waals surface area contributed by atoms with Gasteiger partial charge in [-0.3, -0.25) is 0 Å². The molecule has 2 N–H and O–H groups in total. The number of hydrogen-bond acceptors (Lipinski definition) is 3. The quantitative estimate of drug-likeness (QED) is 0.911. The van der Waals surface area contributed by atoms with Crippen molar-refractivity contribution < 1.29 is 13.9 Å². The van der Waals surface area contributed by atoms with E-state index >= 15 is 0 Å². The Labute approximate surface area is 118 Å². The molecule has 2 aromatic rings. The number of ether oxygens (including phenoxy) is 2. The van der Waals surface area contributed by atoms with E-state index in [0.29, 0.717) is 18.1 Å². The van der Waals surface area contributed by atoms with E-state index in [4.69, 9.17) is 15.2 Å². The molecule has 0 bridgehead atoms. The average Bonchev–Trinajstić information content (AvgIpc) is 2.46. The average molecular weight is 275 g/mol. The van der Waals surface area contributed by atoms with Gasteiger partial charge in [0.1, 0.15) is 12.4 Å². The van der Waals surface area contributed by atoms with Crippen LogP contribution in [0.5, 0.6) is 11.5 Å². The van der Waals surface area contributed by atoms with Crippen LogP contribution in [0.4, 0.5) is 4.39 Å². The maximum atomic E-state index is 12.8. The molecule has 0 spiro atoms. The molecular formula is C16H18FNO2. The molecule has 0 radical (unpaired) electrons. The van der Waals surface area contributed by atoms with E-state index in [1.807, 2.05) is 25.1 Å². The van der Waals surface area contributed by atoms with Gasteiger partial charge in [0.25, 0.3) is 0 Å². The number of aryl methyl sites for hydroxylation is 1. The lowest BCUT2D eigenvalue weighted by Crippen LogP contribution is -2.19. The van der Waals surface area contributed by atoms with Crippen molar-refractivity contribution in [3.05, 3.63) is 59.4 Å². The fourth-order valence-corrected chi connectivity index (χ4v) is 1.88. The molecule has 0 aromatic heterocycles. The zero-order valence-corrected chi connectivity index (χ0v) is 11.6. The van der Waals surface area contributed by atoms with Crippen molar-refractivity contribution in [2.75, 3.05) is 13.7 Å². The fraction of sp³-hybridized carbons (Fsp3) is 0.250. The van der Waals surface area contributed by atoms with Gasteiger partial charge in [0.05, 0.1) is 13.2 Å². The van der Waals surface area contributed by atoms with Gasteiger partial charge in [0.15, 0.2) is 11.5 Å². The maximum absolute atomic E-state index is 12.8. The van der Waals surface area contributed by atoms with Crippen LogP contribution >= 0.6 is 0 Å². The molecule has 3 nitrogen and oxygen atoms in total. The van der Waals surface area contributed by atoms with Crippen LogP contribution < -0.4 is 15.2 Å². The van der Waals surface area contributed by atoms with Gasteiger partial charge in [-0.2, -0.15) is 0 Å². The highest BCUT2D eigenvalue weighted by atomic mass is 19.1. The first kappa shape index (κ1) is 14.3. The van der Waals surface area contributed by atoms with Crippen LogP contribution in [-0.4, -0.2) is 13.7 Å². The molecule has 0 amide bonds. The summed E-state index contributed by atoms with van der Waals surface area (Å²) in [7, 11) is 1.60. The van der Waals surface area contributed by atoms with Crippen molar-refractivity contribution in [2.24, 2.45) is 5.73 Å². The van der Waals surface area contributed by atoms with Gasteiger partial charge in [0.2, 0.25) is 0 Å². The fourth-order valence-electron chi connectivity index (χ4n) is 1.88. The SMILES string of the molecule is COc1cc(C)ccc1OCC(N)c1ccc(F)cc1. The molecule has 2 aromatic carbocycles. The van der Waals surface area contributed by atoms with E-state index in [-0.39, 0.29) is 11.9 Å². The molecule has 0 aliphatic carbocycles. The molecule has 1 atom stereocenters. The Bertz CT molecular complexity index is 569. The third kappa shape index (κ3) is 3.48. The number of benzene rings is 2. The number of methoxy groups -OCH3 is 1. The summed E-state index contributed by atoms with van der Waals surface area (Å²) in [4.78, 5) is 0. The van der Waals surface area contributed by atoms with E-state index in [0.717, 1.165) is 11.1 Å². The van der Waals surface area contributed by atoms with Crippen LogP contribution in [0.2, 0.25) is 0 Å². The van der Waals surface area contributed by atoms with Crippen molar-refractivity contribution in [1.29, 1.82) is 0 Å². The summed E-state index contributed by atoms with van der Waals surface area (Å²) in [6.45, 7) is 2.28. The zero-order chi connectivity index (χ0) is 14.5. The Morgan fingerprint density at radius 3 is 2.45 bits per heavy atom. The van der Waals surface area contributed by atoms with E-state index in [1.54, 1.807) is 19.2 Å². The predicted octanol–water partition coefficient (Wildman–Crippen LogP) is 3.22. The van der Waals surface area contributed by atoms with Crippen LogP contribution in [0.3, 0.4) is 0 Å². The Kier molecular flexibility index (Phi) is 4.58. The van der Waals surface area contributed by atoms with Gasteiger partial charge < -0.3 is 15.2 Å². The normalized spacial score (nSPS) is 12.0. The summed E-state index contributed by atoms with van der Waals surface area (Å²) in [6, 6.07) is 11.5. The van der Waals surface area contributed by atoms with Crippen molar-refractivity contribution in [3.8, 4) is 11.5 Å². The second-order valence-electron chi connectivity index (χ2n) is 4.62. The van der Waals surface area contributed by atoms with Gasteiger partial charge in [-0.05, 0) is 42.3 Å². The molecule has 20 heavy (non-hydrogen) atoms. The lowest BCUT2D eigenvalue weighted by atomic mass is 10.1. The minimum atomic E-state index is -0.318. The minimum absolute atomic E-state index is 0.276. The van der Waals surface area contributed by atoms with Crippen LogP contribution in [0, 0.1) is 12.7 Å². The van der Waals surface area contributed by atoms with Crippen LogP contribution in [0.25, 0.3) is 0 Å². The predicted molar refractivity (Wildman–Crippen MR) is 76.6 cm³/mol. The van der Waals surface area contributed by atoms with Crippen molar-refractivity contribution in [3.63, 3.8) is 0 Å². The molecule has 0 fully saturated rings. The van der Waals surface area contributed by atoms with E-state index in [9.17, 15) is 4.39 Å². The molecular weight excluding hydrogens is 257 g/mol. The van der Waals surface area contributed by atoms with Gasteiger partial charge in [0, 0.05) is 0 Å². The Hall–Kier alpha value is -2.07. The number of halogens is 1. The smallest absolute Gasteiger partial charge is 0.161 e. The topological polar surface area (TPSA) is 44.5 Å². The van der Waals surface area contributed by atoms with Crippen LogP contribution in [0.1, 0.15) is 17.2 Å². The van der Waals surface area contributed by atoms with E-state index < -0.39 is 0 Å². The van der Waals surface area contributed by atoms with E-state index in [2.05, 4.69) is 0 Å². The lowest BCUT2D eigenvalue weighted by Gasteiger charge is -2.15. The summed E-state index contributed by atoms with van der Waals surface area (Å²) in [5, 5.41) is 0. The van der Waals surface area contributed by atoms with Crippen LogP contribution in [0.15, 0.2) is 42.5 Å². The second-order valence-corrected chi connectivity index (χ2v) is 4.62. The van der Waals surface area contributed by atoms with Crippen molar-refractivity contribution in [1.82, 2.24) is 0 Å². The highest BCUT2D eigenvalue weighted by Gasteiger charge is 2.10. The largest absolute Gasteiger partial charge is 0.493 e. The Balaban J connectivity index is 2.03. The highest BCUT2D eigenvalue weighted by Crippen LogP contribution is 2.28. The molecule has 0 aliphatic heterocycles. The Morgan fingerprint density at radius 2 is 1.80 bits per heavy atom. The summed E-state index contributed by atoms with van der Waals surface area (Å²) in [6.07, 6.45) is 0. The van der Waals surface area contributed by atoms with Gasteiger partial charge in [-0.1, -0.05) is 18.2 Å². The monoisotopic (exact) mass is 275 g/mol.